The fourth-order valence-electron chi connectivity index (χ4n) is 2.08. The van der Waals surface area contributed by atoms with Crippen LogP contribution in [-0.2, 0) is 9.47 Å². The van der Waals surface area contributed by atoms with Gasteiger partial charge in [0.2, 0.25) is 0 Å². The monoisotopic (exact) mass is 238 g/mol. The van der Waals surface area contributed by atoms with Crippen molar-refractivity contribution in [3.63, 3.8) is 0 Å². The summed E-state index contributed by atoms with van der Waals surface area (Å²) in [5.41, 5.74) is -0.423. The Hall–Kier alpha value is -0.630. The van der Waals surface area contributed by atoms with E-state index >= 15 is 0 Å². The van der Waals surface area contributed by atoms with E-state index in [-0.39, 0.29) is 0 Å². The maximum Gasteiger partial charge on any atom is 0.106 e. The Labute approximate surface area is 103 Å². The van der Waals surface area contributed by atoms with E-state index in [9.17, 15) is 5.26 Å². The van der Waals surface area contributed by atoms with Crippen LogP contribution in [0.5, 0.6) is 0 Å². The van der Waals surface area contributed by atoms with Crippen molar-refractivity contribution in [3.05, 3.63) is 0 Å². The summed E-state index contributed by atoms with van der Waals surface area (Å²) < 4.78 is 10.9. The molecule has 4 nitrogen and oxygen atoms in total. The van der Waals surface area contributed by atoms with Crippen molar-refractivity contribution in [3.8, 4) is 6.07 Å². The van der Waals surface area contributed by atoms with Gasteiger partial charge in [0, 0.05) is 31.6 Å². The van der Waals surface area contributed by atoms with E-state index in [1.54, 1.807) is 0 Å². The zero-order valence-corrected chi connectivity index (χ0v) is 10.6. The molecule has 0 spiro atoms. The summed E-state index contributed by atoms with van der Waals surface area (Å²) in [6.07, 6.45) is 4.28. The highest BCUT2D eigenvalue weighted by atomic mass is 16.5. The summed E-state index contributed by atoms with van der Waals surface area (Å²) >= 11 is 0. The van der Waals surface area contributed by atoms with Gasteiger partial charge < -0.3 is 9.47 Å². The van der Waals surface area contributed by atoms with E-state index in [0.717, 1.165) is 32.7 Å². The molecule has 0 bridgehead atoms. The highest BCUT2D eigenvalue weighted by molar-refractivity contribution is 5.06. The van der Waals surface area contributed by atoms with Crippen molar-refractivity contribution < 1.29 is 9.47 Å². The fourth-order valence-corrected chi connectivity index (χ4v) is 2.08. The average Bonchev–Trinajstić information content (AvgIpc) is 2.97. The van der Waals surface area contributed by atoms with Gasteiger partial charge in [-0.3, -0.25) is 5.32 Å². The summed E-state index contributed by atoms with van der Waals surface area (Å²) in [4.78, 5) is 0. The zero-order chi connectivity index (χ0) is 12.1. The molecule has 0 aromatic carbocycles. The van der Waals surface area contributed by atoms with Crippen LogP contribution in [-0.4, -0.2) is 38.0 Å². The summed E-state index contributed by atoms with van der Waals surface area (Å²) in [6, 6.07) is 2.92. The molecule has 1 aliphatic carbocycles. The maximum atomic E-state index is 9.18. The van der Waals surface area contributed by atoms with Gasteiger partial charge in [0.15, 0.2) is 0 Å². The Balaban J connectivity index is 1.60. The predicted molar refractivity (Wildman–Crippen MR) is 64.5 cm³/mol. The molecule has 96 valence electrons. The van der Waals surface area contributed by atoms with Crippen molar-refractivity contribution >= 4 is 0 Å². The van der Waals surface area contributed by atoms with E-state index < -0.39 is 5.54 Å². The van der Waals surface area contributed by atoms with Crippen LogP contribution in [0.25, 0.3) is 0 Å². The second-order valence-corrected chi connectivity index (χ2v) is 5.42. The molecule has 1 aliphatic heterocycles. The van der Waals surface area contributed by atoms with Gasteiger partial charge in [0.25, 0.3) is 0 Å². The number of nitriles is 1. The van der Waals surface area contributed by atoms with Crippen molar-refractivity contribution in [2.45, 2.75) is 44.2 Å². The Kier molecular flexibility index (Phi) is 4.38. The Morgan fingerprint density at radius 3 is 2.88 bits per heavy atom. The quantitative estimate of drug-likeness (QED) is 0.682. The lowest BCUT2D eigenvalue weighted by atomic mass is 10.0. The van der Waals surface area contributed by atoms with E-state index in [2.05, 4.69) is 11.4 Å². The second-order valence-electron chi connectivity index (χ2n) is 5.42. The predicted octanol–water partition coefficient (Wildman–Crippen LogP) is 1.46. The van der Waals surface area contributed by atoms with Crippen molar-refractivity contribution in [2.24, 2.45) is 5.92 Å². The lowest BCUT2D eigenvalue weighted by molar-refractivity contribution is 0.0797. The third-order valence-corrected chi connectivity index (χ3v) is 3.47. The molecule has 0 amide bonds. The minimum absolute atomic E-state index is 0.423. The first kappa shape index (κ1) is 12.8. The topological polar surface area (TPSA) is 54.3 Å². The molecule has 2 fully saturated rings. The molecular formula is C13H22N2O2. The maximum absolute atomic E-state index is 9.18. The first-order valence-electron chi connectivity index (χ1n) is 6.56. The molecule has 1 saturated heterocycles. The van der Waals surface area contributed by atoms with Crippen molar-refractivity contribution in [1.29, 1.82) is 5.26 Å². The summed E-state index contributed by atoms with van der Waals surface area (Å²) in [5, 5.41) is 12.6. The van der Waals surface area contributed by atoms with Crippen LogP contribution < -0.4 is 5.32 Å². The molecule has 2 rings (SSSR count). The SMILES string of the molecule is CC(C#N)(CCOCC1CCOC1)NC1CC1. The molecule has 4 heteroatoms. The number of nitrogens with zero attached hydrogens (tertiary/aromatic N) is 1. The molecule has 1 saturated carbocycles. The van der Waals surface area contributed by atoms with E-state index in [1.807, 2.05) is 6.92 Å². The summed E-state index contributed by atoms with van der Waals surface area (Å²) in [7, 11) is 0. The molecule has 17 heavy (non-hydrogen) atoms. The minimum atomic E-state index is -0.423. The van der Waals surface area contributed by atoms with E-state index in [0.29, 0.717) is 18.6 Å². The lowest BCUT2D eigenvalue weighted by Crippen LogP contribution is -2.43. The number of hydrogen-bond acceptors (Lipinski definition) is 4. The molecule has 0 radical (unpaired) electrons. The smallest absolute Gasteiger partial charge is 0.106 e. The largest absolute Gasteiger partial charge is 0.381 e. The summed E-state index contributed by atoms with van der Waals surface area (Å²) in [6.45, 7) is 5.08. The van der Waals surface area contributed by atoms with Crippen LogP contribution in [0.15, 0.2) is 0 Å². The van der Waals surface area contributed by atoms with Gasteiger partial charge in [-0.25, -0.2) is 0 Å². The standard InChI is InChI=1S/C13H22N2O2/c1-13(10-14,15-12-2-3-12)5-7-17-9-11-4-6-16-8-11/h11-12,15H,2-9H2,1H3. The van der Waals surface area contributed by atoms with Gasteiger partial charge in [0.05, 0.1) is 19.3 Å². The van der Waals surface area contributed by atoms with E-state index in [4.69, 9.17) is 9.47 Å². The van der Waals surface area contributed by atoms with Gasteiger partial charge in [-0.15, -0.1) is 0 Å². The third-order valence-electron chi connectivity index (χ3n) is 3.47. The number of nitrogens with one attached hydrogen (secondary N) is 1. The van der Waals surface area contributed by atoms with Crippen LogP contribution in [0, 0.1) is 17.2 Å². The van der Waals surface area contributed by atoms with Gasteiger partial charge in [-0.2, -0.15) is 5.26 Å². The van der Waals surface area contributed by atoms with Gasteiger partial charge in [-0.1, -0.05) is 0 Å². The number of rotatable bonds is 7. The fraction of sp³-hybridized carbons (Fsp3) is 0.923. The zero-order valence-electron chi connectivity index (χ0n) is 10.6. The molecular weight excluding hydrogens is 216 g/mol. The molecule has 0 aromatic rings. The van der Waals surface area contributed by atoms with Gasteiger partial charge in [0.1, 0.15) is 5.54 Å². The Morgan fingerprint density at radius 2 is 2.29 bits per heavy atom. The van der Waals surface area contributed by atoms with Crippen LogP contribution in [0.1, 0.15) is 32.6 Å². The Bertz CT molecular complexity index is 280. The van der Waals surface area contributed by atoms with Crippen LogP contribution >= 0.6 is 0 Å². The van der Waals surface area contributed by atoms with Gasteiger partial charge >= 0.3 is 0 Å². The van der Waals surface area contributed by atoms with Crippen molar-refractivity contribution in [2.75, 3.05) is 26.4 Å². The molecule has 2 aliphatic rings. The van der Waals surface area contributed by atoms with Crippen molar-refractivity contribution in [1.82, 2.24) is 5.32 Å². The number of hydrogen-bond donors (Lipinski definition) is 1. The first-order chi connectivity index (χ1) is 8.22. The highest BCUT2D eigenvalue weighted by Gasteiger charge is 2.32. The Morgan fingerprint density at radius 1 is 1.47 bits per heavy atom. The molecule has 1 N–H and O–H groups in total. The van der Waals surface area contributed by atoms with Crippen LogP contribution in [0.3, 0.4) is 0 Å². The first-order valence-corrected chi connectivity index (χ1v) is 6.56. The lowest BCUT2D eigenvalue weighted by Gasteiger charge is -2.23. The normalized spacial score (nSPS) is 27.6. The summed E-state index contributed by atoms with van der Waals surface area (Å²) in [5.74, 6) is 0.555. The second kappa shape index (κ2) is 5.81. The molecule has 2 atom stereocenters. The minimum Gasteiger partial charge on any atom is -0.381 e. The highest BCUT2D eigenvalue weighted by Crippen LogP contribution is 2.23. The van der Waals surface area contributed by atoms with Crippen LogP contribution in [0.4, 0.5) is 0 Å². The third kappa shape index (κ3) is 4.27. The van der Waals surface area contributed by atoms with Gasteiger partial charge in [-0.05, 0) is 26.2 Å². The average molecular weight is 238 g/mol. The van der Waals surface area contributed by atoms with E-state index in [1.165, 1.54) is 12.8 Å². The van der Waals surface area contributed by atoms with Crippen LogP contribution in [0.2, 0.25) is 0 Å². The molecule has 1 heterocycles. The molecule has 0 aromatic heterocycles. The molecule has 2 unspecified atom stereocenters. The number of ether oxygens (including phenoxy) is 2.